The van der Waals surface area contributed by atoms with Gasteiger partial charge in [0, 0.05) is 13.6 Å². The van der Waals surface area contributed by atoms with Gasteiger partial charge in [-0.2, -0.15) is 0 Å². The Balaban J connectivity index is 3.38. The van der Waals surface area contributed by atoms with Crippen LogP contribution in [0.4, 0.5) is 0 Å². The molecule has 4 N–H and O–H groups in total. The lowest BCUT2D eigenvalue weighted by Gasteiger charge is -2.10. The van der Waals surface area contributed by atoms with Gasteiger partial charge in [-0.1, -0.05) is 0 Å². The van der Waals surface area contributed by atoms with Gasteiger partial charge in [0.1, 0.15) is 0 Å². The van der Waals surface area contributed by atoms with Gasteiger partial charge in [-0.05, 0) is 31.4 Å². The summed E-state index contributed by atoms with van der Waals surface area (Å²) in [6.45, 7) is 2.75. The summed E-state index contributed by atoms with van der Waals surface area (Å²) in [6, 6.07) is 0. The predicted octanol–water partition coefficient (Wildman–Crippen LogP) is -0.521. The van der Waals surface area contributed by atoms with Crippen molar-refractivity contribution in [2.24, 2.45) is 0 Å². The molecule has 0 unspecified atom stereocenters. The molecule has 4 nitrogen and oxygen atoms in total. The molecule has 0 aromatic carbocycles. The zero-order valence-corrected chi connectivity index (χ0v) is 8.16. The van der Waals surface area contributed by atoms with Crippen LogP contribution in [0.3, 0.4) is 0 Å². The summed E-state index contributed by atoms with van der Waals surface area (Å²) in [5.41, 5.74) is 5.38. The van der Waals surface area contributed by atoms with Gasteiger partial charge in [0.05, 0.1) is 0 Å². The lowest BCUT2D eigenvalue weighted by molar-refractivity contribution is 0.807. The molecule has 0 fully saturated rings. The molecule has 0 saturated carbocycles. The Bertz CT molecular complexity index is 147. The molecule has 11 heavy (non-hydrogen) atoms. The summed E-state index contributed by atoms with van der Waals surface area (Å²) < 4.78 is 0. The van der Waals surface area contributed by atoms with E-state index in [-0.39, 0.29) is 0 Å². The zero-order chi connectivity index (χ0) is 8.69. The SMILES string of the molecule is CCNC(=S)NNC(=S)NC. The molecule has 64 valence electrons. The highest BCUT2D eigenvalue weighted by molar-refractivity contribution is 7.80. The summed E-state index contributed by atoms with van der Waals surface area (Å²) in [4.78, 5) is 0. The van der Waals surface area contributed by atoms with Gasteiger partial charge in [-0.3, -0.25) is 10.9 Å². The first-order valence-electron chi connectivity index (χ1n) is 3.22. The van der Waals surface area contributed by atoms with E-state index in [1.165, 1.54) is 0 Å². The van der Waals surface area contributed by atoms with Crippen molar-refractivity contribution in [2.45, 2.75) is 6.92 Å². The largest absolute Gasteiger partial charge is 0.364 e. The highest BCUT2D eigenvalue weighted by Crippen LogP contribution is 1.63. The van der Waals surface area contributed by atoms with Gasteiger partial charge in [-0.15, -0.1) is 0 Å². The van der Waals surface area contributed by atoms with Gasteiger partial charge >= 0.3 is 0 Å². The number of rotatable bonds is 1. The normalized spacial score (nSPS) is 8.18. The molecule has 0 aliphatic heterocycles. The maximum atomic E-state index is 4.85. The number of hydrazine groups is 1. The van der Waals surface area contributed by atoms with Crippen molar-refractivity contribution >= 4 is 34.7 Å². The number of thiocarbonyl (C=S) groups is 2. The quantitative estimate of drug-likeness (QED) is 0.331. The minimum atomic E-state index is 0.505. The Morgan fingerprint density at radius 3 is 2.18 bits per heavy atom. The van der Waals surface area contributed by atoms with Crippen molar-refractivity contribution in [1.29, 1.82) is 0 Å². The van der Waals surface area contributed by atoms with Crippen LogP contribution in [-0.4, -0.2) is 23.8 Å². The van der Waals surface area contributed by atoms with Crippen molar-refractivity contribution in [1.82, 2.24) is 21.5 Å². The van der Waals surface area contributed by atoms with Crippen LogP contribution in [0.2, 0.25) is 0 Å². The lowest BCUT2D eigenvalue weighted by Crippen LogP contribution is -2.49. The number of nitrogens with one attached hydrogen (secondary N) is 4. The van der Waals surface area contributed by atoms with E-state index < -0.39 is 0 Å². The monoisotopic (exact) mass is 192 g/mol. The third-order valence-corrected chi connectivity index (χ3v) is 1.41. The van der Waals surface area contributed by atoms with Crippen LogP contribution in [0.5, 0.6) is 0 Å². The maximum Gasteiger partial charge on any atom is 0.185 e. The molecule has 0 aliphatic rings. The van der Waals surface area contributed by atoms with E-state index in [0.29, 0.717) is 10.2 Å². The van der Waals surface area contributed by atoms with E-state index in [4.69, 9.17) is 24.4 Å². The third kappa shape index (κ3) is 5.81. The van der Waals surface area contributed by atoms with Crippen molar-refractivity contribution in [3.8, 4) is 0 Å². The van der Waals surface area contributed by atoms with E-state index in [0.717, 1.165) is 6.54 Å². The van der Waals surface area contributed by atoms with Crippen LogP contribution in [0.25, 0.3) is 0 Å². The summed E-state index contributed by atoms with van der Waals surface area (Å²) in [7, 11) is 1.73. The fourth-order valence-corrected chi connectivity index (χ4v) is 0.627. The van der Waals surface area contributed by atoms with Gasteiger partial charge in [0.15, 0.2) is 10.2 Å². The van der Waals surface area contributed by atoms with Gasteiger partial charge in [-0.25, -0.2) is 0 Å². The van der Waals surface area contributed by atoms with E-state index in [1.807, 2.05) is 6.92 Å². The van der Waals surface area contributed by atoms with E-state index in [1.54, 1.807) is 7.05 Å². The summed E-state index contributed by atoms with van der Waals surface area (Å²) >= 11 is 9.63. The number of hydrogen-bond donors (Lipinski definition) is 4. The average molecular weight is 192 g/mol. The first-order valence-corrected chi connectivity index (χ1v) is 4.04. The number of hydrogen-bond acceptors (Lipinski definition) is 2. The van der Waals surface area contributed by atoms with Crippen molar-refractivity contribution < 1.29 is 0 Å². The van der Waals surface area contributed by atoms with E-state index in [2.05, 4.69) is 21.5 Å². The van der Waals surface area contributed by atoms with Crippen LogP contribution in [0.15, 0.2) is 0 Å². The third-order valence-electron chi connectivity index (χ3n) is 0.854. The highest BCUT2D eigenvalue weighted by atomic mass is 32.1. The molecule has 0 bridgehead atoms. The van der Waals surface area contributed by atoms with Crippen molar-refractivity contribution in [3.05, 3.63) is 0 Å². The molecule has 0 atom stereocenters. The first-order chi connectivity index (χ1) is 5.20. The smallest absolute Gasteiger partial charge is 0.185 e. The minimum absolute atomic E-state index is 0.505. The van der Waals surface area contributed by atoms with Crippen LogP contribution < -0.4 is 21.5 Å². The first kappa shape index (κ1) is 10.4. The second kappa shape index (κ2) is 6.11. The topological polar surface area (TPSA) is 48.1 Å². The van der Waals surface area contributed by atoms with Crippen molar-refractivity contribution in [2.75, 3.05) is 13.6 Å². The molecule has 0 aliphatic carbocycles. The average Bonchev–Trinajstić information content (AvgIpc) is 2.01. The Hall–Kier alpha value is -0.620. The molecular weight excluding hydrogens is 180 g/mol. The molecule has 0 rings (SSSR count). The Labute approximate surface area is 77.1 Å². The zero-order valence-electron chi connectivity index (χ0n) is 6.52. The van der Waals surface area contributed by atoms with E-state index in [9.17, 15) is 0 Å². The maximum absolute atomic E-state index is 4.85. The molecule has 0 aromatic heterocycles. The molecule has 0 amide bonds. The molecule has 6 heteroatoms. The second-order valence-electron chi connectivity index (χ2n) is 1.69. The van der Waals surface area contributed by atoms with Crippen LogP contribution in [0.1, 0.15) is 6.92 Å². The summed E-state index contributed by atoms with van der Waals surface area (Å²) in [5, 5.41) is 6.67. The molecule has 0 radical (unpaired) electrons. The van der Waals surface area contributed by atoms with E-state index >= 15 is 0 Å². The molecule has 0 saturated heterocycles. The molecule has 0 heterocycles. The molecular formula is C5H12N4S2. The Morgan fingerprint density at radius 1 is 1.18 bits per heavy atom. The van der Waals surface area contributed by atoms with Crippen molar-refractivity contribution in [3.63, 3.8) is 0 Å². The van der Waals surface area contributed by atoms with Crippen LogP contribution in [0, 0.1) is 0 Å². The summed E-state index contributed by atoms with van der Waals surface area (Å²) in [6.07, 6.45) is 0. The van der Waals surface area contributed by atoms with Gasteiger partial charge < -0.3 is 10.6 Å². The van der Waals surface area contributed by atoms with Crippen LogP contribution in [-0.2, 0) is 0 Å². The minimum Gasteiger partial charge on any atom is -0.364 e. The molecule has 0 aromatic rings. The predicted molar refractivity (Wildman–Crippen MR) is 54.2 cm³/mol. The fraction of sp³-hybridized carbons (Fsp3) is 0.600. The highest BCUT2D eigenvalue weighted by Gasteiger charge is 1.91. The van der Waals surface area contributed by atoms with Gasteiger partial charge in [0.25, 0.3) is 0 Å². The fourth-order valence-electron chi connectivity index (χ4n) is 0.381. The Kier molecular flexibility index (Phi) is 5.77. The Morgan fingerprint density at radius 2 is 1.73 bits per heavy atom. The molecule has 0 spiro atoms. The standard InChI is InChI=1S/C5H12N4S2/c1-3-7-5(11)9-8-4(10)6-2/h3H2,1-2H3,(H2,6,8,10)(H2,7,9,11). The van der Waals surface area contributed by atoms with Crippen LogP contribution >= 0.6 is 24.4 Å². The summed E-state index contributed by atoms with van der Waals surface area (Å²) in [5.74, 6) is 0. The lowest BCUT2D eigenvalue weighted by atomic mass is 10.7. The van der Waals surface area contributed by atoms with Gasteiger partial charge in [0.2, 0.25) is 0 Å². The second-order valence-corrected chi connectivity index (χ2v) is 2.51.